The molecule has 1 fully saturated rings. The van der Waals surface area contributed by atoms with E-state index < -0.39 is 12.2 Å². The highest BCUT2D eigenvalue weighted by Gasteiger charge is 2.31. The van der Waals surface area contributed by atoms with Crippen molar-refractivity contribution in [1.82, 2.24) is 0 Å². The Morgan fingerprint density at radius 1 is 1.43 bits per heavy atom. The Labute approximate surface area is 81.7 Å². The van der Waals surface area contributed by atoms with Gasteiger partial charge in [-0.25, -0.2) is 4.79 Å². The largest absolute Gasteiger partial charge is 0.478 e. The summed E-state index contributed by atoms with van der Waals surface area (Å²) in [5.74, 6) is -0.939. The van der Waals surface area contributed by atoms with Crippen LogP contribution in [0.3, 0.4) is 0 Å². The first-order valence-electron chi connectivity index (χ1n) is 4.45. The quantitative estimate of drug-likeness (QED) is 0.759. The first-order valence-corrected chi connectivity index (χ1v) is 4.45. The number of benzene rings is 1. The second-order valence-corrected chi connectivity index (χ2v) is 3.09. The number of carboxylic acid groups (broad SMARTS) is 1. The molecule has 1 aliphatic rings. The van der Waals surface area contributed by atoms with Crippen LogP contribution in [-0.2, 0) is 9.53 Å². The van der Waals surface area contributed by atoms with Gasteiger partial charge in [-0.1, -0.05) is 18.2 Å². The zero-order valence-electron chi connectivity index (χ0n) is 7.59. The molecule has 0 bridgehead atoms. The third-order valence-corrected chi connectivity index (χ3v) is 2.19. The van der Waals surface area contributed by atoms with Crippen molar-refractivity contribution in [3.8, 4) is 0 Å². The number of carbonyl (C=O) groups is 1. The van der Waals surface area contributed by atoms with E-state index in [4.69, 9.17) is 9.84 Å². The molecule has 14 heavy (non-hydrogen) atoms. The van der Waals surface area contributed by atoms with Crippen LogP contribution in [0.4, 0.5) is 5.69 Å². The lowest BCUT2D eigenvalue weighted by atomic mass is 10.3. The molecule has 1 aromatic rings. The van der Waals surface area contributed by atoms with Gasteiger partial charge in [0.1, 0.15) is 0 Å². The van der Waals surface area contributed by atoms with Crippen molar-refractivity contribution in [2.24, 2.45) is 0 Å². The fourth-order valence-corrected chi connectivity index (χ4v) is 1.56. The van der Waals surface area contributed by atoms with E-state index in [1.807, 2.05) is 30.3 Å². The lowest BCUT2D eigenvalue weighted by Gasteiger charge is -2.21. The minimum Gasteiger partial charge on any atom is -0.478 e. The molecule has 0 aromatic heterocycles. The molecule has 4 nitrogen and oxygen atoms in total. The van der Waals surface area contributed by atoms with Gasteiger partial charge in [-0.15, -0.1) is 0 Å². The van der Waals surface area contributed by atoms with E-state index in [1.54, 1.807) is 4.90 Å². The monoisotopic (exact) mass is 193 g/mol. The summed E-state index contributed by atoms with van der Waals surface area (Å²) in [6.45, 7) is 1.09. The molecule has 2 rings (SSSR count). The van der Waals surface area contributed by atoms with E-state index in [-0.39, 0.29) is 0 Å². The first kappa shape index (κ1) is 9.02. The summed E-state index contributed by atoms with van der Waals surface area (Å²) in [4.78, 5) is 12.6. The molecule has 0 spiro atoms. The highest BCUT2D eigenvalue weighted by molar-refractivity contribution is 5.77. The molecular weight excluding hydrogens is 182 g/mol. The minimum atomic E-state index is -0.939. The fourth-order valence-electron chi connectivity index (χ4n) is 1.56. The van der Waals surface area contributed by atoms with Gasteiger partial charge in [-0.2, -0.15) is 0 Å². The van der Waals surface area contributed by atoms with E-state index in [0.717, 1.165) is 5.69 Å². The summed E-state index contributed by atoms with van der Waals surface area (Å²) >= 11 is 0. The molecule has 4 heteroatoms. The van der Waals surface area contributed by atoms with Crippen LogP contribution in [0.5, 0.6) is 0 Å². The van der Waals surface area contributed by atoms with Crippen LogP contribution < -0.4 is 4.90 Å². The van der Waals surface area contributed by atoms with Crippen LogP contribution in [-0.4, -0.2) is 30.5 Å². The van der Waals surface area contributed by atoms with Crippen molar-refractivity contribution in [3.05, 3.63) is 30.3 Å². The van der Waals surface area contributed by atoms with Gasteiger partial charge in [-0.05, 0) is 12.1 Å². The van der Waals surface area contributed by atoms with Gasteiger partial charge in [0.15, 0.2) is 0 Å². The maximum atomic E-state index is 10.8. The van der Waals surface area contributed by atoms with Crippen LogP contribution in [0, 0.1) is 0 Å². The summed E-state index contributed by atoms with van der Waals surface area (Å²) < 4.78 is 5.11. The number of aliphatic carboxylic acids is 1. The highest BCUT2D eigenvalue weighted by atomic mass is 16.5. The topological polar surface area (TPSA) is 49.8 Å². The van der Waals surface area contributed by atoms with Crippen molar-refractivity contribution in [2.45, 2.75) is 6.23 Å². The molecule has 1 aromatic carbocycles. The molecule has 74 valence electrons. The Hall–Kier alpha value is -1.55. The van der Waals surface area contributed by atoms with E-state index >= 15 is 0 Å². The van der Waals surface area contributed by atoms with Gasteiger partial charge in [-0.3, -0.25) is 0 Å². The summed E-state index contributed by atoms with van der Waals surface area (Å²) in [5.41, 5.74) is 0.886. The summed E-state index contributed by atoms with van der Waals surface area (Å²) in [6.07, 6.45) is -0.836. The summed E-state index contributed by atoms with van der Waals surface area (Å²) in [7, 11) is 0. The first-order chi connectivity index (χ1) is 6.79. The average molecular weight is 193 g/mol. The van der Waals surface area contributed by atoms with Crippen LogP contribution in [0.2, 0.25) is 0 Å². The third-order valence-electron chi connectivity index (χ3n) is 2.19. The minimum absolute atomic E-state index is 0.464. The van der Waals surface area contributed by atoms with Crippen molar-refractivity contribution in [2.75, 3.05) is 18.1 Å². The maximum Gasteiger partial charge on any atom is 0.354 e. The Morgan fingerprint density at radius 3 is 2.79 bits per heavy atom. The van der Waals surface area contributed by atoms with Gasteiger partial charge >= 0.3 is 5.97 Å². The van der Waals surface area contributed by atoms with Crippen LogP contribution >= 0.6 is 0 Å². The SMILES string of the molecule is O=C(O)C1OCCN1c1ccccc1. The lowest BCUT2D eigenvalue weighted by Crippen LogP contribution is -2.36. The van der Waals surface area contributed by atoms with Crippen molar-refractivity contribution >= 4 is 11.7 Å². The van der Waals surface area contributed by atoms with Gasteiger partial charge in [0, 0.05) is 12.2 Å². The maximum absolute atomic E-state index is 10.8. The second kappa shape index (κ2) is 3.67. The molecule has 0 saturated carbocycles. The molecule has 1 N–H and O–H groups in total. The van der Waals surface area contributed by atoms with Gasteiger partial charge in [0.05, 0.1) is 6.61 Å². The number of carboxylic acids is 1. The standard InChI is InChI=1S/C10H11NO3/c12-10(13)9-11(6-7-14-9)8-4-2-1-3-5-8/h1-5,9H,6-7H2,(H,12,13). The number of para-hydroxylation sites is 1. The molecule has 1 unspecified atom stereocenters. The Morgan fingerprint density at radius 2 is 2.14 bits per heavy atom. The third kappa shape index (κ3) is 1.56. The molecule has 1 aliphatic heterocycles. The number of ether oxygens (including phenoxy) is 1. The van der Waals surface area contributed by atoms with E-state index in [1.165, 1.54) is 0 Å². The zero-order valence-corrected chi connectivity index (χ0v) is 7.59. The summed E-state index contributed by atoms with van der Waals surface area (Å²) in [5, 5.41) is 8.88. The van der Waals surface area contributed by atoms with E-state index in [9.17, 15) is 4.79 Å². The predicted molar refractivity (Wildman–Crippen MR) is 51.2 cm³/mol. The Bertz CT molecular complexity index is 325. The van der Waals surface area contributed by atoms with E-state index in [2.05, 4.69) is 0 Å². The van der Waals surface area contributed by atoms with E-state index in [0.29, 0.717) is 13.2 Å². The van der Waals surface area contributed by atoms with Crippen molar-refractivity contribution in [1.29, 1.82) is 0 Å². The van der Waals surface area contributed by atoms with Gasteiger partial charge in [0.25, 0.3) is 0 Å². The molecule has 0 radical (unpaired) electrons. The Balaban J connectivity index is 2.22. The van der Waals surface area contributed by atoms with Crippen molar-refractivity contribution in [3.63, 3.8) is 0 Å². The zero-order chi connectivity index (χ0) is 9.97. The average Bonchev–Trinajstić information content (AvgIpc) is 2.67. The molecule has 0 aliphatic carbocycles. The molecule has 1 atom stereocenters. The number of rotatable bonds is 2. The highest BCUT2D eigenvalue weighted by Crippen LogP contribution is 2.20. The van der Waals surface area contributed by atoms with Gasteiger partial charge < -0.3 is 14.7 Å². The molecule has 1 heterocycles. The molecule has 1 saturated heterocycles. The fraction of sp³-hybridized carbons (Fsp3) is 0.300. The van der Waals surface area contributed by atoms with Crippen LogP contribution in [0.1, 0.15) is 0 Å². The molecular formula is C10H11NO3. The number of hydrogen-bond donors (Lipinski definition) is 1. The predicted octanol–water partition coefficient (Wildman–Crippen LogP) is 0.934. The molecule has 0 amide bonds. The second-order valence-electron chi connectivity index (χ2n) is 3.09. The normalized spacial score (nSPS) is 21.1. The number of hydrogen-bond acceptors (Lipinski definition) is 3. The van der Waals surface area contributed by atoms with Crippen LogP contribution in [0.15, 0.2) is 30.3 Å². The Kier molecular flexibility index (Phi) is 2.37. The number of nitrogens with zero attached hydrogens (tertiary/aromatic N) is 1. The smallest absolute Gasteiger partial charge is 0.354 e. The number of anilines is 1. The van der Waals surface area contributed by atoms with Crippen molar-refractivity contribution < 1.29 is 14.6 Å². The van der Waals surface area contributed by atoms with Gasteiger partial charge in [0.2, 0.25) is 6.23 Å². The van der Waals surface area contributed by atoms with Crippen LogP contribution in [0.25, 0.3) is 0 Å². The summed E-state index contributed by atoms with van der Waals surface area (Å²) in [6, 6.07) is 9.42. The lowest BCUT2D eigenvalue weighted by molar-refractivity contribution is -0.147.